The van der Waals surface area contributed by atoms with Crippen molar-refractivity contribution in [3.05, 3.63) is 34.4 Å². The molecule has 1 rings (SSSR count). The van der Waals surface area contributed by atoms with E-state index in [1.54, 1.807) is 0 Å². The van der Waals surface area contributed by atoms with Crippen LogP contribution in [0.1, 0.15) is 37.8 Å². The molecule has 0 amide bonds. The second kappa shape index (κ2) is 7.89. The van der Waals surface area contributed by atoms with Gasteiger partial charge < -0.3 is 10.8 Å². The van der Waals surface area contributed by atoms with Crippen molar-refractivity contribution in [1.82, 2.24) is 0 Å². The molecule has 2 atom stereocenters. The van der Waals surface area contributed by atoms with E-state index in [1.807, 2.05) is 6.92 Å². The minimum atomic E-state index is -1.07. The molecular weight excluding hydrogens is 283 g/mol. The van der Waals surface area contributed by atoms with Gasteiger partial charge in [0.05, 0.1) is 12.1 Å². The number of aliphatic hydroxyl groups excluding tert-OH is 1. The number of hydrogen-bond donors (Lipinski definition) is 2. The lowest BCUT2D eigenvalue weighted by Gasteiger charge is -2.20. The van der Waals surface area contributed by atoms with Gasteiger partial charge in [0.2, 0.25) is 0 Å². The molecule has 104 valence electrons. The summed E-state index contributed by atoms with van der Waals surface area (Å²) in [5, 5.41) is 9.70. The molecule has 0 saturated heterocycles. The fourth-order valence-electron chi connectivity index (χ4n) is 1.66. The van der Waals surface area contributed by atoms with E-state index in [-0.39, 0.29) is 23.0 Å². The molecule has 0 radical (unpaired) electrons. The van der Waals surface area contributed by atoms with Crippen molar-refractivity contribution in [2.75, 3.05) is 0 Å². The minimum absolute atomic E-state index is 0. The summed E-state index contributed by atoms with van der Waals surface area (Å²) in [5.41, 5.74) is 5.35. The zero-order chi connectivity index (χ0) is 13.0. The Morgan fingerprint density at radius 1 is 1.33 bits per heavy atom. The van der Waals surface area contributed by atoms with Gasteiger partial charge in [0, 0.05) is 10.6 Å². The summed E-state index contributed by atoms with van der Waals surface area (Å²) in [6.45, 7) is 1.96. The van der Waals surface area contributed by atoms with Crippen LogP contribution in [0.3, 0.4) is 0 Å². The van der Waals surface area contributed by atoms with Crippen molar-refractivity contribution in [3.8, 4) is 0 Å². The highest BCUT2D eigenvalue weighted by Gasteiger charge is 2.23. The fraction of sp³-hybridized carbons (Fsp3) is 0.500. The molecule has 0 aliphatic heterocycles. The molecule has 6 heteroatoms. The Kier molecular flexibility index (Phi) is 7.71. The average Bonchev–Trinajstić information content (AvgIpc) is 2.24. The molecule has 3 N–H and O–H groups in total. The summed E-state index contributed by atoms with van der Waals surface area (Å²) >= 11 is 5.51. The van der Waals surface area contributed by atoms with Crippen molar-refractivity contribution >= 4 is 24.0 Å². The summed E-state index contributed by atoms with van der Waals surface area (Å²) in [7, 11) is 0. The van der Waals surface area contributed by atoms with Gasteiger partial charge in [0.15, 0.2) is 0 Å². The molecular formula is C12H17Cl2F2NO. The van der Waals surface area contributed by atoms with Crippen LogP contribution in [-0.2, 0) is 0 Å². The first-order chi connectivity index (χ1) is 7.97. The minimum Gasteiger partial charge on any atom is -0.391 e. The van der Waals surface area contributed by atoms with E-state index in [0.29, 0.717) is 6.42 Å². The van der Waals surface area contributed by atoms with E-state index in [9.17, 15) is 13.9 Å². The topological polar surface area (TPSA) is 46.2 Å². The van der Waals surface area contributed by atoms with E-state index < -0.39 is 23.8 Å². The molecule has 18 heavy (non-hydrogen) atoms. The summed E-state index contributed by atoms with van der Waals surface area (Å²) < 4.78 is 27.1. The molecule has 2 nitrogen and oxygen atoms in total. The van der Waals surface area contributed by atoms with Crippen LogP contribution < -0.4 is 5.73 Å². The smallest absolute Gasteiger partial charge is 0.132 e. The van der Waals surface area contributed by atoms with Crippen molar-refractivity contribution < 1.29 is 13.9 Å². The molecule has 0 aliphatic carbocycles. The van der Waals surface area contributed by atoms with Gasteiger partial charge in [-0.1, -0.05) is 31.4 Å². The Labute approximate surface area is 117 Å². The molecule has 0 aromatic heterocycles. The van der Waals surface area contributed by atoms with Crippen molar-refractivity contribution in [2.24, 2.45) is 5.73 Å². The summed E-state index contributed by atoms with van der Waals surface area (Å²) in [6.07, 6.45) is 1.10. The predicted octanol–water partition coefficient (Wildman–Crippen LogP) is 3.59. The molecule has 0 bridgehead atoms. The molecule has 1 aromatic rings. The van der Waals surface area contributed by atoms with Crippen molar-refractivity contribution in [1.29, 1.82) is 0 Å². The largest absolute Gasteiger partial charge is 0.391 e. The second-order valence-corrected chi connectivity index (χ2v) is 4.45. The standard InChI is InChI=1S/C12H16ClF2NO.ClH/c1-2-3-4-10(17)12(16)11-8(14)5-7(13)6-9(11)15;/h5-6,10,12,17H,2-4,16H2,1H3;1H/t10-,12-;/m1./s1. The fourth-order valence-corrected chi connectivity index (χ4v) is 1.85. The highest BCUT2D eigenvalue weighted by atomic mass is 35.5. The van der Waals surface area contributed by atoms with Crippen LogP contribution in [0.25, 0.3) is 0 Å². The van der Waals surface area contributed by atoms with Gasteiger partial charge in [0.25, 0.3) is 0 Å². The highest BCUT2D eigenvalue weighted by Crippen LogP contribution is 2.26. The maximum absolute atomic E-state index is 13.5. The second-order valence-electron chi connectivity index (χ2n) is 4.02. The Balaban J connectivity index is 0.00000289. The van der Waals surface area contributed by atoms with Crippen LogP contribution in [-0.4, -0.2) is 11.2 Å². The Bertz CT molecular complexity index is 367. The van der Waals surface area contributed by atoms with Gasteiger partial charge in [-0.2, -0.15) is 0 Å². The summed E-state index contributed by atoms with van der Waals surface area (Å²) in [5.74, 6) is -1.64. The SMILES string of the molecule is CCCC[C@@H](O)[C@@H](N)c1c(F)cc(Cl)cc1F.Cl. The van der Waals surface area contributed by atoms with E-state index in [1.165, 1.54) is 0 Å². The van der Waals surface area contributed by atoms with Crippen LogP contribution >= 0.6 is 24.0 Å². The van der Waals surface area contributed by atoms with E-state index in [0.717, 1.165) is 25.0 Å². The Morgan fingerprint density at radius 2 is 1.83 bits per heavy atom. The Morgan fingerprint density at radius 3 is 2.28 bits per heavy atom. The number of rotatable bonds is 5. The first-order valence-corrected chi connectivity index (χ1v) is 5.93. The number of unbranched alkanes of at least 4 members (excludes halogenated alkanes) is 1. The number of nitrogens with two attached hydrogens (primary N) is 1. The molecule has 0 aliphatic rings. The third-order valence-corrected chi connectivity index (χ3v) is 2.86. The number of halogens is 4. The third-order valence-electron chi connectivity index (χ3n) is 2.65. The maximum atomic E-state index is 13.5. The molecule has 1 aromatic carbocycles. The van der Waals surface area contributed by atoms with Gasteiger partial charge in [-0.25, -0.2) is 8.78 Å². The van der Waals surface area contributed by atoms with Gasteiger partial charge in [0.1, 0.15) is 11.6 Å². The summed E-state index contributed by atoms with van der Waals surface area (Å²) in [6, 6.07) is 0.914. The van der Waals surface area contributed by atoms with Crippen molar-refractivity contribution in [3.63, 3.8) is 0 Å². The van der Waals surface area contributed by atoms with Crippen LogP contribution in [0.4, 0.5) is 8.78 Å². The van der Waals surface area contributed by atoms with Crippen LogP contribution in [0, 0.1) is 11.6 Å². The molecule has 0 fully saturated rings. The average molecular weight is 300 g/mol. The third kappa shape index (κ3) is 4.35. The lowest BCUT2D eigenvalue weighted by atomic mass is 9.97. The van der Waals surface area contributed by atoms with Gasteiger partial charge in [-0.05, 0) is 18.6 Å². The highest BCUT2D eigenvalue weighted by molar-refractivity contribution is 6.30. The quantitative estimate of drug-likeness (QED) is 0.873. The van der Waals surface area contributed by atoms with Gasteiger partial charge in [-0.3, -0.25) is 0 Å². The lowest BCUT2D eigenvalue weighted by Crippen LogP contribution is -2.28. The maximum Gasteiger partial charge on any atom is 0.132 e. The molecule has 0 heterocycles. The van der Waals surface area contributed by atoms with Crippen molar-refractivity contribution in [2.45, 2.75) is 38.3 Å². The lowest BCUT2D eigenvalue weighted by molar-refractivity contribution is 0.129. The van der Waals surface area contributed by atoms with E-state index >= 15 is 0 Å². The predicted molar refractivity (Wildman–Crippen MR) is 71.1 cm³/mol. The van der Waals surface area contributed by atoms with Gasteiger partial charge >= 0.3 is 0 Å². The monoisotopic (exact) mass is 299 g/mol. The molecule has 0 saturated carbocycles. The van der Waals surface area contributed by atoms with Gasteiger partial charge in [-0.15, -0.1) is 12.4 Å². The zero-order valence-corrected chi connectivity index (χ0v) is 11.6. The normalized spacial score (nSPS) is 13.9. The zero-order valence-electron chi connectivity index (χ0n) is 10.00. The Hall–Kier alpha value is -0.420. The molecule has 0 unspecified atom stereocenters. The number of benzene rings is 1. The van der Waals surface area contributed by atoms with E-state index in [4.69, 9.17) is 17.3 Å². The first-order valence-electron chi connectivity index (χ1n) is 5.55. The van der Waals surface area contributed by atoms with Crippen LogP contribution in [0.15, 0.2) is 12.1 Å². The van der Waals surface area contributed by atoms with Crippen LogP contribution in [0.5, 0.6) is 0 Å². The number of hydrogen-bond acceptors (Lipinski definition) is 2. The van der Waals surface area contributed by atoms with E-state index in [2.05, 4.69) is 0 Å². The van der Waals surface area contributed by atoms with Crippen LogP contribution in [0.2, 0.25) is 5.02 Å². The summed E-state index contributed by atoms with van der Waals surface area (Å²) in [4.78, 5) is 0. The first kappa shape index (κ1) is 17.6. The number of aliphatic hydroxyl groups is 1. The molecule has 0 spiro atoms.